The fourth-order valence-electron chi connectivity index (χ4n) is 4.88. The first-order valence-corrected chi connectivity index (χ1v) is 12.7. The van der Waals surface area contributed by atoms with E-state index in [0.29, 0.717) is 31.7 Å². The van der Waals surface area contributed by atoms with Crippen molar-refractivity contribution in [2.24, 2.45) is 0 Å². The van der Waals surface area contributed by atoms with Gasteiger partial charge in [-0.25, -0.2) is 13.2 Å². The number of amides is 1. The van der Waals surface area contributed by atoms with Crippen molar-refractivity contribution in [1.82, 2.24) is 4.90 Å². The molecule has 1 fully saturated rings. The van der Waals surface area contributed by atoms with Crippen molar-refractivity contribution in [2.75, 3.05) is 23.9 Å². The van der Waals surface area contributed by atoms with Gasteiger partial charge in [-0.15, -0.1) is 0 Å². The summed E-state index contributed by atoms with van der Waals surface area (Å²) in [6.45, 7) is 1.53. The highest BCUT2D eigenvalue weighted by Gasteiger charge is 2.51. The molecule has 0 N–H and O–H groups in total. The molecule has 0 aliphatic carbocycles. The van der Waals surface area contributed by atoms with Crippen molar-refractivity contribution in [2.45, 2.75) is 24.2 Å². The highest BCUT2D eigenvalue weighted by molar-refractivity contribution is 7.92. The number of rotatable bonds is 5. The van der Waals surface area contributed by atoms with Crippen molar-refractivity contribution in [1.29, 1.82) is 0 Å². The Morgan fingerprint density at radius 3 is 2.21 bits per heavy atom. The Kier molecular flexibility index (Phi) is 5.58. The average molecular weight is 463 g/mol. The van der Waals surface area contributed by atoms with Crippen LogP contribution in [0.15, 0.2) is 84.9 Å². The number of nitrogens with zero attached hydrogens (tertiary/aromatic N) is 2. The Balaban J connectivity index is 1.34. The number of fused-ring (bicyclic) bond motifs is 2. The second-order valence-corrected chi connectivity index (χ2v) is 10.7. The first-order valence-electron chi connectivity index (χ1n) is 11.1. The van der Waals surface area contributed by atoms with E-state index in [4.69, 9.17) is 4.74 Å². The van der Waals surface area contributed by atoms with E-state index < -0.39 is 15.4 Å². The molecule has 2 aliphatic rings. The lowest BCUT2D eigenvalue weighted by Crippen LogP contribution is -2.40. The maximum Gasteiger partial charge on any atom is 0.410 e. The molecule has 2 aliphatic heterocycles. The van der Waals surface area contributed by atoms with Crippen molar-refractivity contribution in [3.63, 3.8) is 0 Å². The van der Waals surface area contributed by atoms with Gasteiger partial charge in [0.05, 0.1) is 11.4 Å². The number of sulfonamides is 1. The number of carbonyl (C=O) groups is 1. The molecule has 33 heavy (non-hydrogen) atoms. The minimum absolute atomic E-state index is 0.0545. The Labute approximate surface area is 194 Å². The third kappa shape index (κ3) is 4.20. The first kappa shape index (κ1) is 21.5. The van der Waals surface area contributed by atoms with Crippen molar-refractivity contribution < 1.29 is 17.9 Å². The number of benzene rings is 3. The fourth-order valence-corrected chi connectivity index (χ4v) is 6.56. The molecule has 6 nitrogen and oxygen atoms in total. The van der Waals surface area contributed by atoms with E-state index in [-0.39, 0.29) is 18.5 Å². The van der Waals surface area contributed by atoms with Crippen LogP contribution in [0.2, 0.25) is 0 Å². The summed E-state index contributed by atoms with van der Waals surface area (Å²) in [5, 5.41) is 0. The molecule has 0 saturated carbocycles. The summed E-state index contributed by atoms with van der Waals surface area (Å²) in [7, 11) is -3.58. The molecule has 2 heterocycles. The fraction of sp³-hybridized carbons (Fsp3) is 0.269. The van der Waals surface area contributed by atoms with Crippen LogP contribution < -0.4 is 4.31 Å². The lowest BCUT2D eigenvalue weighted by atomic mass is 9.82. The van der Waals surface area contributed by atoms with Gasteiger partial charge in [-0.1, -0.05) is 78.9 Å². The van der Waals surface area contributed by atoms with Gasteiger partial charge in [0.2, 0.25) is 10.0 Å². The van der Waals surface area contributed by atoms with E-state index in [2.05, 4.69) is 0 Å². The van der Waals surface area contributed by atoms with E-state index in [1.807, 2.05) is 84.9 Å². The monoisotopic (exact) mass is 462 g/mol. The maximum atomic E-state index is 13.4. The zero-order valence-electron chi connectivity index (χ0n) is 18.3. The summed E-state index contributed by atoms with van der Waals surface area (Å²) in [6, 6.07) is 26.5. The molecule has 170 valence electrons. The Bertz CT molecular complexity index is 1250. The van der Waals surface area contributed by atoms with Gasteiger partial charge in [0.1, 0.15) is 6.61 Å². The minimum Gasteiger partial charge on any atom is -0.445 e. The predicted octanol–water partition coefficient (Wildman–Crippen LogP) is 4.32. The van der Waals surface area contributed by atoms with Gasteiger partial charge in [0.25, 0.3) is 0 Å². The van der Waals surface area contributed by atoms with Crippen LogP contribution in [0.4, 0.5) is 10.5 Å². The third-order valence-corrected chi connectivity index (χ3v) is 8.23. The molecular weight excluding hydrogens is 436 g/mol. The second-order valence-electron chi connectivity index (χ2n) is 8.76. The Morgan fingerprint density at radius 1 is 0.848 bits per heavy atom. The highest BCUT2D eigenvalue weighted by atomic mass is 32.2. The van der Waals surface area contributed by atoms with Crippen LogP contribution in [0.1, 0.15) is 23.1 Å². The van der Waals surface area contributed by atoms with Crippen molar-refractivity contribution in [3.05, 3.63) is 102 Å². The number of ether oxygens (including phenoxy) is 1. The Morgan fingerprint density at radius 2 is 1.48 bits per heavy atom. The largest absolute Gasteiger partial charge is 0.445 e. The Hall–Kier alpha value is -3.32. The summed E-state index contributed by atoms with van der Waals surface area (Å²) in [4.78, 5) is 14.5. The smallest absolute Gasteiger partial charge is 0.410 e. The SMILES string of the molecule is O=C(OCc1ccccc1)N1CCC2(C1)CN(S(=O)(=O)Cc1ccccc1)c1ccccc12. The quantitative estimate of drug-likeness (QED) is 0.567. The van der Waals surface area contributed by atoms with Gasteiger partial charge in [0, 0.05) is 25.0 Å². The summed E-state index contributed by atoms with van der Waals surface area (Å²) >= 11 is 0. The summed E-state index contributed by atoms with van der Waals surface area (Å²) < 4.78 is 33.9. The number of anilines is 1. The number of para-hydroxylation sites is 1. The molecule has 0 radical (unpaired) electrons. The van der Waals surface area contributed by atoms with E-state index >= 15 is 0 Å². The lowest BCUT2D eigenvalue weighted by Gasteiger charge is -2.26. The summed E-state index contributed by atoms with van der Waals surface area (Å²) in [5.74, 6) is -0.0545. The predicted molar refractivity (Wildman–Crippen MR) is 127 cm³/mol. The molecule has 0 bridgehead atoms. The second kappa shape index (κ2) is 8.56. The zero-order valence-corrected chi connectivity index (χ0v) is 19.1. The van der Waals surface area contributed by atoms with Gasteiger partial charge in [-0.3, -0.25) is 4.31 Å². The normalized spacial score (nSPS) is 19.6. The van der Waals surface area contributed by atoms with Crippen molar-refractivity contribution >= 4 is 21.8 Å². The molecule has 7 heteroatoms. The molecular formula is C26H26N2O4S. The molecule has 1 atom stereocenters. The molecule has 1 unspecified atom stereocenters. The molecule has 1 amide bonds. The molecule has 1 spiro atoms. The lowest BCUT2D eigenvalue weighted by molar-refractivity contribution is 0.102. The standard InChI is InChI=1S/C26H26N2O4S/c29-25(32-17-21-9-3-1-4-10-21)27-16-15-26(19-27)20-28(24-14-8-7-13-23(24)26)33(30,31)18-22-11-5-2-6-12-22/h1-14H,15-20H2. The minimum atomic E-state index is -3.58. The molecule has 0 aromatic heterocycles. The van der Waals surface area contributed by atoms with Crippen LogP contribution in [0.25, 0.3) is 0 Å². The van der Waals surface area contributed by atoms with E-state index in [1.165, 1.54) is 4.31 Å². The molecule has 1 saturated heterocycles. The molecule has 3 aromatic rings. The van der Waals surface area contributed by atoms with Crippen molar-refractivity contribution in [3.8, 4) is 0 Å². The van der Waals surface area contributed by atoms with E-state index in [0.717, 1.165) is 16.7 Å². The summed E-state index contributed by atoms with van der Waals surface area (Å²) in [6.07, 6.45) is 0.334. The van der Waals surface area contributed by atoms with Crippen LogP contribution in [-0.4, -0.2) is 39.0 Å². The number of likely N-dealkylation sites (tertiary alicyclic amines) is 1. The van der Waals surface area contributed by atoms with Crippen LogP contribution in [0.3, 0.4) is 0 Å². The van der Waals surface area contributed by atoms with Crippen LogP contribution in [0.5, 0.6) is 0 Å². The number of carbonyl (C=O) groups excluding carboxylic acids is 1. The van der Waals surface area contributed by atoms with E-state index in [1.54, 1.807) is 4.90 Å². The van der Waals surface area contributed by atoms with Gasteiger partial charge in [-0.2, -0.15) is 0 Å². The number of hydrogen-bond acceptors (Lipinski definition) is 4. The van der Waals surface area contributed by atoms with Gasteiger partial charge < -0.3 is 9.64 Å². The summed E-state index contributed by atoms with van der Waals surface area (Å²) in [5.41, 5.74) is 2.97. The maximum absolute atomic E-state index is 13.4. The molecule has 5 rings (SSSR count). The molecule has 3 aromatic carbocycles. The van der Waals surface area contributed by atoms with Gasteiger partial charge >= 0.3 is 6.09 Å². The van der Waals surface area contributed by atoms with Crippen LogP contribution >= 0.6 is 0 Å². The van der Waals surface area contributed by atoms with E-state index in [9.17, 15) is 13.2 Å². The van der Waals surface area contributed by atoms with Crippen LogP contribution in [0, 0.1) is 0 Å². The zero-order chi connectivity index (χ0) is 22.9. The topological polar surface area (TPSA) is 66.9 Å². The highest BCUT2D eigenvalue weighted by Crippen LogP contribution is 2.47. The number of hydrogen-bond donors (Lipinski definition) is 0. The van der Waals surface area contributed by atoms with Gasteiger partial charge in [0.15, 0.2) is 0 Å². The van der Waals surface area contributed by atoms with Gasteiger partial charge in [-0.05, 0) is 29.2 Å². The third-order valence-electron chi connectivity index (χ3n) is 6.54. The first-order chi connectivity index (χ1) is 16.0. The van der Waals surface area contributed by atoms with Crippen LogP contribution in [-0.2, 0) is 32.5 Å². The average Bonchev–Trinajstić information content (AvgIpc) is 3.42.